The number of nitrogens with one attached hydrogen (secondary N) is 1. The predicted molar refractivity (Wildman–Crippen MR) is 69.7 cm³/mol. The van der Waals surface area contributed by atoms with Gasteiger partial charge in [-0.15, -0.1) is 0 Å². The van der Waals surface area contributed by atoms with Crippen LogP contribution in [0.2, 0.25) is 0 Å². The molecular weight excluding hydrogens is 232 g/mol. The van der Waals surface area contributed by atoms with Crippen LogP contribution in [0.25, 0.3) is 0 Å². The molecular formula is C13H20N2O3. The van der Waals surface area contributed by atoms with Gasteiger partial charge in [0.25, 0.3) is 0 Å². The van der Waals surface area contributed by atoms with E-state index in [4.69, 9.17) is 15.2 Å². The first kappa shape index (κ1) is 14.3. The van der Waals surface area contributed by atoms with Crippen molar-refractivity contribution >= 4 is 6.09 Å². The zero-order valence-electron chi connectivity index (χ0n) is 10.8. The van der Waals surface area contributed by atoms with E-state index in [9.17, 15) is 4.79 Å². The second-order valence-electron chi connectivity index (χ2n) is 3.89. The first-order valence-corrected chi connectivity index (χ1v) is 5.97. The number of ether oxygens (including phenoxy) is 2. The summed E-state index contributed by atoms with van der Waals surface area (Å²) in [6.45, 7) is 2.80. The van der Waals surface area contributed by atoms with E-state index in [0.717, 1.165) is 11.3 Å². The Balaban J connectivity index is 2.39. The van der Waals surface area contributed by atoms with Crippen LogP contribution in [0.1, 0.15) is 12.5 Å². The first-order chi connectivity index (χ1) is 8.65. The second kappa shape index (κ2) is 7.55. The zero-order valence-corrected chi connectivity index (χ0v) is 10.8. The predicted octanol–water partition coefficient (Wildman–Crippen LogP) is 1.31. The van der Waals surface area contributed by atoms with Crippen LogP contribution in [0.5, 0.6) is 5.75 Å². The minimum atomic E-state index is -0.461. The van der Waals surface area contributed by atoms with Crippen molar-refractivity contribution in [3.05, 3.63) is 29.8 Å². The third-order valence-electron chi connectivity index (χ3n) is 2.36. The number of carbonyl (C=O) groups excluding carboxylic acids is 1. The van der Waals surface area contributed by atoms with Crippen molar-refractivity contribution in [1.82, 2.24) is 5.32 Å². The minimum absolute atomic E-state index is 0.201. The largest absolute Gasteiger partial charge is 0.494 e. The molecule has 0 aliphatic heterocycles. The number of nitrogens with two attached hydrogens (primary N) is 1. The number of hydrogen-bond donors (Lipinski definition) is 2. The molecule has 0 aliphatic carbocycles. The van der Waals surface area contributed by atoms with Crippen molar-refractivity contribution in [2.45, 2.75) is 19.4 Å². The van der Waals surface area contributed by atoms with Gasteiger partial charge < -0.3 is 20.5 Å². The Morgan fingerprint density at radius 3 is 2.61 bits per heavy atom. The van der Waals surface area contributed by atoms with Gasteiger partial charge in [0, 0.05) is 13.1 Å². The molecule has 3 N–H and O–H groups in total. The molecule has 0 aliphatic rings. The van der Waals surface area contributed by atoms with Gasteiger partial charge in [-0.05, 0) is 31.0 Å². The summed E-state index contributed by atoms with van der Waals surface area (Å²) in [6, 6.07) is 7.53. The molecule has 0 bridgehead atoms. The van der Waals surface area contributed by atoms with Crippen LogP contribution < -0.4 is 15.8 Å². The second-order valence-corrected chi connectivity index (χ2v) is 3.89. The van der Waals surface area contributed by atoms with Crippen LogP contribution in [0.4, 0.5) is 4.79 Å². The molecule has 0 unspecified atom stereocenters. The molecule has 0 saturated heterocycles. The highest BCUT2D eigenvalue weighted by molar-refractivity contribution is 5.66. The summed E-state index contributed by atoms with van der Waals surface area (Å²) in [6.07, 6.45) is 0.195. The van der Waals surface area contributed by atoms with Crippen molar-refractivity contribution < 1.29 is 14.3 Å². The number of hydrogen-bond acceptors (Lipinski definition) is 4. The monoisotopic (exact) mass is 252 g/mol. The van der Waals surface area contributed by atoms with Crippen molar-refractivity contribution in [3.63, 3.8) is 0 Å². The fourth-order valence-electron chi connectivity index (χ4n) is 1.50. The maximum atomic E-state index is 10.9. The third-order valence-corrected chi connectivity index (χ3v) is 2.36. The summed E-state index contributed by atoms with van der Waals surface area (Å²) < 4.78 is 10.2. The normalized spacial score (nSPS) is 11.7. The van der Waals surface area contributed by atoms with Gasteiger partial charge in [0.15, 0.2) is 0 Å². The molecule has 0 spiro atoms. The highest BCUT2D eigenvalue weighted by atomic mass is 16.5. The number of alkyl carbamates (subject to hydrolysis) is 1. The van der Waals surface area contributed by atoms with Crippen LogP contribution in [-0.2, 0) is 11.2 Å². The summed E-state index contributed by atoms with van der Waals surface area (Å²) >= 11 is 0. The van der Waals surface area contributed by atoms with Gasteiger partial charge in [0.05, 0.1) is 6.61 Å². The van der Waals surface area contributed by atoms with E-state index in [1.54, 1.807) is 0 Å². The fraction of sp³-hybridized carbons (Fsp3) is 0.462. The molecule has 1 rings (SSSR count). The molecule has 5 heteroatoms. The Morgan fingerprint density at radius 2 is 2.06 bits per heavy atom. The summed E-state index contributed by atoms with van der Waals surface area (Å²) in [5.74, 6) is 0.844. The minimum Gasteiger partial charge on any atom is -0.494 e. The van der Waals surface area contributed by atoms with Crippen LogP contribution in [-0.4, -0.2) is 32.4 Å². The summed E-state index contributed by atoms with van der Waals surface area (Å²) in [7, 11) is 1.51. The van der Waals surface area contributed by atoms with Crippen molar-refractivity contribution in [2.75, 3.05) is 20.3 Å². The van der Waals surface area contributed by atoms with E-state index >= 15 is 0 Å². The smallest absolute Gasteiger partial charge is 0.406 e. The van der Waals surface area contributed by atoms with E-state index in [-0.39, 0.29) is 12.6 Å². The molecule has 1 aromatic rings. The number of rotatable bonds is 6. The number of benzene rings is 1. The van der Waals surface area contributed by atoms with E-state index in [2.05, 4.69) is 5.32 Å². The van der Waals surface area contributed by atoms with Gasteiger partial charge in [0.1, 0.15) is 12.4 Å². The fourth-order valence-corrected chi connectivity index (χ4v) is 1.50. The van der Waals surface area contributed by atoms with E-state index in [1.807, 2.05) is 31.2 Å². The topological polar surface area (TPSA) is 73.6 Å². The van der Waals surface area contributed by atoms with Gasteiger partial charge in [-0.2, -0.15) is 0 Å². The van der Waals surface area contributed by atoms with Gasteiger partial charge in [0.2, 0.25) is 0 Å². The molecule has 5 nitrogen and oxygen atoms in total. The molecule has 1 atom stereocenters. The molecule has 1 aromatic carbocycles. The van der Waals surface area contributed by atoms with Gasteiger partial charge in [-0.1, -0.05) is 12.1 Å². The average molecular weight is 252 g/mol. The van der Waals surface area contributed by atoms with Crippen molar-refractivity contribution in [2.24, 2.45) is 5.73 Å². The zero-order chi connectivity index (χ0) is 13.4. The van der Waals surface area contributed by atoms with Crippen LogP contribution in [0, 0.1) is 0 Å². The lowest BCUT2D eigenvalue weighted by atomic mass is 10.1. The molecule has 0 saturated carbocycles. The van der Waals surface area contributed by atoms with E-state index in [0.29, 0.717) is 13.0 Å². The summed E-state index contributed by atoms with van der Waals surface area (Å²) in [5.41, 5.74) is 6.96. The lowest BCUT2D eigenvalue weighted by molar-refractivity contribution is 0.141. The van der Waals surface area contributed by atoms with Crippen molar-refractivity contribution in [3.8, 4) is 5.75 Å². The Hall–Kier alpha value is -1.75. The third kappa shape index (κ3) is 5.05. The Kier molecular flexibility index (Phi) is 6.00. The number of carbonyl (C=O) groups is 1. The molecule has 0 heterocycles. The van der Waals surface area contributed by atoms with Crippen LogP contribution >= 0.6 is 0 Å². The SMILES string of the molecule is CCOc1ccc(C[C@@H](N)COC(=O)NC)cc1. The van der Waals surface area contributed by atoms with Crippen LogP contribution in [0.15, 0.2) is 24.3 Å². The summed E-state index contributed by atoms with van der Waals surface area (Å²) in [4.78, 5) is 10.9. The number of amides is 1. The Morgan fingerprint density at radius 1 is 1.39 bits per heavy atom. The van der Waals surface area contributed by atoms with Gasteiger partial charge in [-0.25, -0.2) is 4.79 Å². The average Bonchev–Trinajstić information content (AvgIpc) is 2.38. The lowest BCUT2D eigenvalue weighted by Crippen LogP contribution is -2.32. The first-order valence-electron chi connectivity index (χ1n) is 5.97. The quantitative estimate of drug-likeness (QED) is 0.800. The molecule has 0 radical (unpaired) electrons. The molecule has 1 amide bonds. The Bertz CT molecular complexity index is 365. The Labute approximate surface area is 107 Å². The molecule has 0 aromatic heterocycles. The maximum Gasteiger partial charge on any atom is 0.406 e. The molecule has 100 valence electrons. The lowest BCUT2D eigenvalue weighted by Gasteiger charge is -2.12. The molecule has 0 fully saturated rings. The highest BCUT2D eigenvalue weighted by Crippen LogP contribution is 2.13. The van der Waals surface area contributed by atoms with E-state index < -0.39 is 6.09 Å². The maximum absolute atomic E-state index is 10.9. The van der Waals surface area contributed by atoms with Gasteiger partial charge in [-0.3, -0.25) is 0 Å². The van der Waals surface area contributed by atoms with E-state index in [1.165, 1.54) is 7.05 Å². The van der Waals surface area contributed by atoms with Crippen LogP contribution in [0.3, 0.4) is 0 Å². The highest BCUT2D eigenvalue weighted by Gasteiger charge is 2.07. The van der Waals surface area contributed by atoms with Gasteiger partial charge >= 0.3 is 6.09 Å². The van der Waals surface area contributed by atoms with Crippen molar-refractivity contribution in [1.29, 1.82) is 0 Å². The molecule has 18 heavy (non-hydrogen) atoms. The standard InChI is InChI=1S/C13H20N2O3/c1-3-17-12-6-4-10(5-7-12)8-11(14)9-18-13(16)15-2/h4-7,11H,3,8-9,14H2,1-2H3,(H,15,16)/t11-/m1/s1. The summed E-state index contributed by atoms with van der Waals surface area (Å²) in [5, 5.41) is 2.37.